The summed E-state index contributed by atoms with van der Waals surface area (Å²) in [6.07, 6.45) is 12.4. The zero-order valence-electron chi connectivity index (χ0n) is 75.5. The van der Waals surface area contributed by atoms with Gasteiger partial charge in [0.05, 0.1) is 30.5 Å². The van der Waals surface area contributed by atoms with Gasteiger partial charge in [-0.2, -0.15) is 0 Å². The first-order valence-corrected chi connectivity index (χ1v) is 48.9. The number of rotatable bonds is 56. The van der Waals surface area contributed by atoms with Crippen LogP contribution in [0.25, 0.3) is 0 Å². The molecule has 0 aromatic heterocycles. The number of carbonyl (C=O) groups excluding carboxylic acids is 4. The molecule has 0 aromatic rings. The molecule has 0 amide bonds. The predicted octanol–water partition coefficient (Wildman–Crippen LogP) is 16.3. The Morgan fingerprint density at radius 1 is 0.317 bits per heavy atom. The number of fused-ring (bicyclic) bond motifs is 2. The molecule has 8 N–H and O–H groups in total. The summed E-state index contributed by atoms with van der Waals surface area (Å²) in [5, 5.41) is 95.8. The summed E-state index contributed by atoms with van der Waals surface area (Å²) in [4.78, 5) is 56.0. The van der Waals surface area contributed by atoms with Crippen molar-refractivity contribution in [2.24, 2.45) is 0 Å². The molecule has 6 rings (SSSR count). The molecule has 6 heterocycles. The van der Waals surface area contributed by atoms with Crippen molar-refractivity contribution in [3.05, 3.63) is 0 Å². The van der Waals surface area contributed by atoms with Crippen LogP contribution in [0.15, 0.2) is 0 Å². The minimum Gasteiger partial charge on any atom is -0.463 e. The van der Waals surface area contributed by atoms with Crippen molar-refractivity contribution < 1.29 is 126 Å². The number of hydrogen-bond donors (Lipinski definition) is 8. The number of esters is 4. The molecule has 6 fully saturated rings. The second kappa shape index (κ2) is 62.4. The largest absolute Gasteiger partial charge is 0.463 e. The average Bonchev–Trinajstić information content (AvgIpc) is 0.760. The maximum absolute atomic E-state index is 14.8. The Hall–Kier alpha value is -2.84. The molecule has 0 bridgehead atoms. The minimum atomic E-state index is -2.06. The average molecular weight is 1720 g/mol. The number of aliphatic hydroxyl groups is 8. The van der Waals surface area contributed by atoms with Crippen molar-refractivity contribution in [2.75, 3.05) is 6.61 Å². The van der Waals surface area contributed by atoms with Crippen LogP contribution in [0.3, 0.4) is 0 Å². The van der Waals surface area contributed by atoms with E-state index >= 15 is 0 Å². The number of unbranched alkanes of at least 4 members (excludes halogenated alkanes) is 38. The van der Waals surface area contributed by atoms with Crippen LogP contribution in [0, 0.1) is 0 Å². The van der Waals surface area contributed by atoms with E-state index in [-0.39, 0.29) is 31.8 Å². The zero-order valence-corrected chi connectivity index (χ0v) is 75.5. The summed E-state index contributed by atoms with van der Waals surface area (Å²) in [5.74, 6) is -2.63. The third-order valence-electron chi connectivity index (χ3n) is 25.4. The zero-order chi connectivity index (χ0) is 86.8. The molecule has 26 nitrogen and oxygen atoms in total. The van der Waals surface area contributed by atoms with Gasteiger partial charge in [-0.15, -0.1) is 0 Å². The van der Waals surface area contributed by atoms with Gasteiger partial charge in [0.2, 0.25) is 0 Å². The van der Waals surface area contributed by atoms with Crippen LogP contribution in [0.5, 0.6) is 0 Å². The smallest absolute Gasteiger partial charge is 0.306 e. The Kier molecular flexibility index (Phi) is 55.1. The maximum atomic E-state index is 14.8. The van der Waals surface area contributed by atoms with Crippen LogP contribution >= 0.6 is 0 Å². The molecule has 6 saturated heterocycles. The van der Waals surface area contributed by atoms with Crippen LogP contribution in [0.2, 0.25) is 0 Å². The van der Waals surface area contributed by atoms with Crippen LogP contribution in [-0.2, 0) is 85.5 Å². The lowest BCUT2D eigenvalue weighted by Gasteiger charge is -2.51. The Labute approximate surface area is 721 Å². The fourth-order valence-electron chi connectivity index (χ4n) is 17.6. The highest BCUT2D eigenvalue weighted by Crippen LogP contribution is 2.40. The van der Waals surface area contributed by atoms with Crippen LogP contribution < -0.4 is 0 Å². The van der Waals surface area contributed by atoms with Gasteiger partial charge < -0.3 is 107 Å². The first kappa shape index (κ1) is 106. The minimum absolute atomic E-state index is 0.0430. The molecule has 26 heteroatoms. The summed E-state index contributed by atoms with van der Waals surface area (Å²) in [7, 11) is 0. The van der Waals surface area contributed by atoms with E-state index in [0.29, 0.717) is 44.9 Å². The van der Waals surface area contributed by atoms with Crippen molar-refractivity contribution >= 4 is 23.9 Å². The van der Waals surface area contributed by atoms with E-state index in [9.17, 15) is 60.0 Å². The quantitative estimate of drug-likeness (QED) is 0.0159. The fraction of sp³-hybridized carbons (Fsp3) is 0.957. The third kappa shape index (κ3) is 39.0. The molecule has 0 unspecified atom stereocenters. The Balaban J connectivity index is 1.28. The molecule has 26 atom stereocenters. The standard InChI is InChI=1S/C94H170O26/c1-9-13-17-20-23-26-29-32-35-38-43-48-54-60-71(95)107-64-70-76(100)77(101)80(104)91(113-70)120-88-85(118-90-81(105)79(103)83(66(6)109-90)114-72(96)61-55-49-44-39-36-33-30-27-24-21-18-14-10-2)68(8)111-94(89(88)116-74(98)63-57-50-45-40-37-34-31-28-25-22-19-15-11-3)117-84-67(7)110-93-87(82(84)106)115-73(97)62-56-51-46-41-42-47-53-59-69(58-52-16-12-4)112-92-86(119-93)78(102)75(99)65(5)108-92/h65-70,75-94,99-106H,9-64H2,1-8H3/t65-,66+,67+,68+,69+,70-,75+,76-,77+,78+,79+,80-,81-,82-,83+,84+,85+,86-,87-,88-,89-,90+,91+,92+,93+,94+/m1/s1. The van der Waals surface area contributed by atoms with Gasteiger partial charge in [-0.25, -0.2) is 0 Å². The molecular formula is C94H170O26. The molecule has 702 valence electrons. The van der Waals surface area contributed by atoms with Crippen molar-refractivity contribution in [1.82, 2.24) is 0 Å². The van der Waals surface area contributed by atoms with Gasteiger partial charge in [0.25, 0.3) is 0 Å². The van der Waals surface area contributed by atoms with Gasteiger partial charge in [0.15, 0.2) is 49.8 Å². The molecule has 6 aliphatic heterocycles. The lowest BCUT2D eigenvalue weighted by atomic mass is 9.95. The van der Waals surface area contributed by atoms with Gasteiger partial charge in [0.1, 0.15) is 86.0 Å². The lowest BCUT2D eigenvalue weighted by Crippen LogP contribution is -2.68. The van der Waals surface area contributed by atoms with Crippen LogP contribution in [0.4, 0.5) is 0 Å². The number of ether oxygens (including phenoxy) is 14. The summed E-state index contributed by atoms with van der Waals surface area (Å²) in [6, 6.07) is 0. The second-order valence-corrected chi connectivity index (χ2v) is 36.0. The molecule has 6 aliphatic rings. The number of aliphatic hydroxyl groups excluding tert-OH is 8. The maximum Gasteiger partial charge on any atom is 0.306 e. The monoisotopic (exact) mass is 1720 g/mol. The van der Waals surface area contributed by atoms with E-state index < -0.39 is 184 Å². The van der Waals surface area contributed by atoms with E-state index in [0.717, 1.165) is 141 Å². The van der Waals surface area contributed by atoms with Crippen molar-refractivity contribution in [1.29, 1.82) is 0 Å². The molecule has 0 aliphatic carbocycles. The van der Waals surface area contributed by atoms with E-state index in [2.05, 4.69) is 27.7 Å². The first-order chi connectivity index (χ1) is 58.1. The molecule has 120 heavy (non-hydrogen) atoms. The Morgan fingerprint density at radius 2 is 0.700 bits per heavy atom. The van der Waals surface area contributed by atoms with Crippen molar-refractivity contribution in [3.8, 4) is 0 Å². The molecule has 0 saturated carbocycles. The number of hydrogen-bond acceptors (Lipinski definition) is 26. The van der Waals surface area contributed by atoms with Crippen molar-refractivity contribution in [2.45, 2.75) is 568 Å². The number of carbonyl (C=O) groups is 4. The second-order valence-electron chi connectivity index (χ2n) is 36.0. The highest BCUT2D eigenvalue weighted by molar-refractivity contribution is 5.70. The van der Waals surface area contributed by atoms with Gasteiger partial charge in [-0.05, 0) is 66.2 Å². The summed E-state index contributed by atoms with van der Waals surface area (Å²) in [5.41, 5.74) is 0. The fourth-order valence-corrected chi connectivity index (χ4v) is 17.6. The molecular weight excluding hydrogens is 1550 g/mol. The lowest BCUT2D eigenvalue weighted by molar-refractivity contribution is -0.400. The van der Waals surface area contributed by atoms with Gasteiger partial charge in [0, 0.05) is 25.7 Å². The van der Waals surface area contributed by atoms with E-state index in [4.69, 9.17) is 66.3 Å². The highest BCUT2D eigenvalue weighted by atomic mass is 16.8. The normalized spacial score (nSPS) is 33.1. The molecule has 0 radical (unpaired) electrons. The van der Waals surface area contributed by atoms with E-state index in [1.54, 1.807) is 20.8 Å². The topological polar surface area (TPSA) is 359 Å². The van der Waals surface area contributed by atoms with E-state index in [1.807, 2.05) is 0 Å². The Bertz CT molecular complexity index is 2630. The van der Waals surface area contributed by atoms with Gasteiger partial charge in [-0.1, -0.05) is 317 Å². The third-order valence-corrected chi connectivity index (χ3v) is 25.4. The Morgan fingerprint density at radius 3 is 1.21 bits per heavy atom. The molecule has 0 aromatic carbocycles. The van der Waals surface area contributed by atoms with E-state index in [1.165, 1.54) is 148 Å². The SMILES string of the molecule is CCCCCCCCCCCCCCCC(=O)OC[C@H]1O[C@@H](O[C@@H]2[C@@H](O[C@@H]3O[C@@H](C)[C@H](OC(=O)CCCCCCCCCCCCCCC)[C@@H](O)[C@H]3O)[C@H](C)O[C@@H](O[C@@H]3[C@@H](O)[C@H]4OC(=O)CCCCCCCCC[C@H](CCCCC)O[C@@H]5O[C@H](C)[C@H](O)[C@H](O)[C@H]5O[C@@H]4O[C@H]3C)[C@@H]2OC(=O)CCCCCCCCCCCCCCC)[C@H](O)[C@@H](O)[C@@H]1O. The molecule has 0 spiro atoms. The van der Waals surface area contributed by atoms with Crippen LogP contribution in [0.1, 0.15) is 409 Å². The van der Waals surface area contributed by atoms with Crippen LogP contribution in [-0.4, -0.2) is 231 Å². The first-order valence-electron chi connectivity index (χ1n) is 48.9. The van der Waals surface area contributed by atoms with Gasteiger partial charge in [-0.3, -0.25) is 19.2 Å². The highest BCUT2D eigenvalue weighted by Gasteiger charge is 2.59. The summed E-state index contributed by atoms with van der Waals surface area (Å²) in [6.45, 7) is 14.5. The van der Waals surface area contributed by atoms with Gasteiger partial charge >= 0.3 is 23.9 Å². The summed E-state index contributed by atoms with van der Waals surface area (Å²) >= 11 is 0. The summed E-state index contributed by atoms with van der Waals surface area (Å²) < 4.78 is 90.4. The predicted molar refractivity (Wildman–Crippen MR) is 456 cm³/mol. The van der Waals surface area contributed by atoms with Crippen molar-refractivity contribution in [3.63, 3.8) is 0 Å².